The van der Waals surface area contributed by atoms with Crippen LogP contribution in [-0.2, 0) is 0 Å². The van der Waals surface area contributed by atoms with Crippen LogP contribution in [0.5, 0.6) is 0 Å². The lowest BCUT2D eigenvalue weighted by Crippen LogP contribution is -1.99. The average Bonchev–Trinajstić information content (AvgIpc) is 3.11. The van der Waals surface area contributed by atoms with Crippen molar-refractivity contribution < 1.29 is 9.90 Å². The van der Waals surface area contributed by atoms with Crippen LogP contribution in [0.4, 0.5) is 0 Å². The molecule has 1 aliphatic carbocycles. The van der Waals surface area contributed by atoms with Crippen molar-refractivity contribution in [2.24, 2.45) is 0 Å². The summed E-state index contributed by atoms with van der Waals surface area (Å²) in [5.41, 5.74) is 1.25. The first-order valence-electron chi connectivity index (χ1n) is 5.91. The first-order valence-corrected chi connectivity index (χ1v) is 7.55. The first kappa shape index (κ1) is 14.8. The number of aromatic carboxylic acids is 1. The Kier molecular flexibility index (Phi) is 3.98. The second-order valence-corrected chi connectivity index (χ2v) is 5.82. The van der Waals surface area contributed by atoms with Crippen molar-refractivity contribution in [3.05, 3.63) is 32.2 Å². The van der Waals surface area contributed by atoms with Crippen LogP contribution < -0.4 is 0 Å². The van der Waals surface area contributed by atoms with Crippen LogP contribution in [0, 0.1) is 11.8 Å². The number of aromatic nitrogens is 4. The van der Waals surface area contributed by atoms with Crippen molar-refractivity contribution in [1.29, 1.82) is 0 Å². The van der Waals surface area contributed by atoms with Gasteiger partial charge in [0.2, 0.25) is 0 Å². The molecule has 2 aromatic rings. The molecular formula is C13H6Cl2N4O2S. The van der Waals surface area contributed by atoms with Crippen LogP contribution in [0.25, 0.3) is 17.0 Å². The van der Waals surface area contributed by atoms with Crippen molar-refractivity contribution >= 4 is 46.1 Å². The average molecular weight is 353 g/mol. The zero-order chi connectivity index (χ0) is 15.7. The molecular weight excluding hydrogens is 347 g/mol. The van der Waals surface area contributed by atoms with E-state index in [1.54, 1.807) is 11.5 Å². The van der Waals surface area contributed by atoms with Crippen molar-refractivity contribution in [3.8, 4) is 23.2 Å². The predicted octanol–water partition coefficient (Wildman–Crippen LogP) is 3.11. The molecule has 0 fully saturated rings. The van der Waals surface area contributed by atoms with Gasteiger partial charge in [0, 0.05) is 17.4 Å². The number of hydrogen-bond donors (Lipinski definition) is 2. The fourth-order valence-corrected chi connectivity index (χ4v) is 2.89. The van der Waals surface area contributed by atoms with Crippen molar-refractivity contribution in [2.45, 2.75) is 6.42 Å². The van der Waals surface area contributed by atoms with Gasteiger partial charge in [-0.3, -0.25) is 0 Å². The van der Waals surface area contributed by atoms with Gasteiger partial charge >= 0.3 is 5.97 Å². The fourth-order valence-electron chi connectivity index (χ4n) is 1.77. The first-order chi connectivity index (χ1) is 10.6. The van der Waals surface area contributed by atoms with E-state index < -0.39 is 5.97 Å². The van der Waals surface area contributed by atoms with Gasteiger partial charge in [0.25, 0.3) is 0 Å². The van der Waals surface area contributed by atoms with Crippen LogP contribution in [0.3, 0.4) is 0 Å². The third kappa shape index (κ3) is 2.76. The second kappa shape index (κ2) is 5.93. The van der Waals surface area contributed by atoms with Gasteiger partial charge in [0.05, 0.1) is 5.03 Å². The number of hydrogen-bond acceptors (Lipinski definition) is 5. The highest BCUT2D eigenvalue weighted by atomic mass is 35.5. The summed E-state index contributed by atoms with van der Waals surface area (Å²) in [5, 5.41) is 21.8. The lowest BCUT2D eigenvalue weighted by molar-refractivity contribution is 0.0691. The number of allylic oxidation sites excluding steroid dienone is 4. The third-order valence-corrected chi connectivity index (χ3v) is 4.37. The number of nitrogens with zero attached hydrogens (tertiary/aromatic N) is 3. The van der Waals surface area contributed by atoms with Crippen LogP contribution in [0.2, 0.25) is 0 Å². The Labute approximate surface area is 138 Å². The maximum absolute atomic E-state index is 11.1. The number of nitrogens with one attached hydrogen (secondary N) is 1. The summed E-state index contributed by atoms with van der Waals surface area (Å²) in [5.74, 6) is 4.46. The number of rotatable bonds is 3. The number of aromatic amines is 1. The highest BCUT2D eigenvalue weighted by Crippen LogP contribution is 2.31. The minimum Gasteiger partial charge on any atom is -0.476 e. The van der Waals surface area contributed by atoms with E-state index in [9.17, 15) is 4.79 Å². The van der Waals surface area contributed by atoms with Crippen LogP contribution in [0.15, 0.2) is 21.5 Å². The molecule has 2 heterocycles. The van der Waals surface area contributed by atoms with E-state index in [4.69, 9.17) is 28.3 Å². The van der Waals surface area contributed by atoms with Gasteiger partial charge in [0.1, 0.15) is 21.4 Å². The zero-order valence-corrected chi connectivity index (χ0v) is 13.1. The Balaban J connectivity index is 1.99. The summed E-state index contributed by atoms with van der Waals surface area (Å²) < 4.78 is 0. The summed E-state index contributed by atoms with van der Waals surface area (Å²) in [6.45, 7) is 0. The van der Waals surface area contributed by atoms with E-state index in [2.05, 4.69) is 32.2 Å². The van der Waals surface area contributed by atoms with E-state index in [0.717, 1.165) is 5.57 Å². The summed E-state index contributed by atoms with van der Waals surface area (Å²) >= 11 is 13.3. The quantitative estimate of drug-likeness (QED) is 0.828. The lowest BCUT2D eigenvalue weighted by atomic mass is 10.2. The van der Waals surface area contributed by atoms with Crippen molar-refractivity contribution in [2.75, 3.05) is 0 Å². The van der Waals surface area contributed by atoms with Crippen molar-refractivity contribution in [3.63, 3.8) is 0 Å². The Hall–Kier alpha value is -2.14. The monoisotopic (exact) mass is 352 g/mol. The normalized spacial score (nSPS) is 14.2. The van der Waals surface area contributed by atoms with E-state index in [-0.39, 0.29) is 16.4 Å². The smallest absolute Gasteiger partial charge is 0.358 e. The summed E-state index contributed by atoms with van der Waals surface area (Å²) in [6.07, 6.45) is 2.14. The van der Waals surface area contributed by atoms with E-state index in [0.29, 0.717) is 22.2 Å². The molecule has 22 heavy (non-hydrogen) atoms. The molecule has 0 unspecified atom stereocenters. The Bertz CT molecular complexity index is 885. The Morgan fingerprint density at radius 1 is 1.41 bits per heavy atom. The lowest BCUT2D eigenvalue weighted by Gasteiger charge is -1.98. The number of H-pyrrole nitrogens is 1. The molecule has 2 aromatic heterocycles. The van der Waals surface area contributed by atoms with Gasteiger partial charge in [-0.05, 0) is 6.08 Å². The maximum Gasteiger partial charge on any atom is 0.358 e. The molecule has 0 bridgehead atoms. The largest absolute Gasteiger partial charge is 0.476 e. The molecule has 0 saturated heterocycles. The molecule has 2 N–H and O–H groups in total. The molecule has 0 spiro atoms. The standard InChI is InChI=1S/C13H6Cl2N4O2S/c14-7-3-1-2-6(4-8(7)15)12-16-9(5-22-12)10-11(13(20)21)18-19-17-10/h4-5H,2H2,(H,20,21)(H,17,18,19). The second-order valence-electron chi connectivity index (χ2n) is 4.17. The summed E-state index contributed by atoms with van der Waals surface area (Å²) in [6, 6.07) is 0. The van der Waals surface area contributed by atoms with Gasteiger partial charge in [-0.15, -0.1) is 16.4 Å². The SMILES string of the molecule is O=C(O)c1n[nH]nc1-c1csc(C2=CC(Cl)=C(Cl)C#CC2)n1. The third-order valence-electron chi connectivity index (χ3n) is 2.76. The number of carboxylic acids is 1. The molecule has 0 saturated carbocycles. The number of thiazole rings is 1. The van der Waals surface area contributed by atoms with Gasteiger partial charge in [0.15, 0.2) is 5.69 Å². The van der Waals surface area contributed by atoms with Gasteiger partial charge in [-0.25, -0.2) is 9.78 Å². The molecule has 3 rings (SSSR count). The van der Waals surface area contributed by atoms with E-state index in [1.807, 2.05) is 0 Å². The Morgan fingerprint density at radius 3 is 3.00 bits per heavy atom. The van der Waals surface area contributed by atoms with Crippen LogP contribution in [0.1, 0.15) is 21.9 Å². The molecule has 0 radical (unpaired) electrons. The number of halogens is 2. The van der Waals surface area contributed by atoms with Gasteiger partial charge in [-0.2, -0.15) is 10.3 Å². The minimum atomic E-state index is -1.17. The van der Waals surface area contributed by atoms with E-state index in [1.165, 1.54) is 11.3 Å². The molecule has 1 aliphatic rings. The zero-order valence-electron chi connectivity index (χ0n) is 10.7. The minimum absolute atomic E-state index is 0.174. The summed E-state index contributed by atoms with van der Waals surface area (Å²) in [4.78, 5) is 15.5. The van der Waals surface area contributed by atoms with Gasteiger partial charge < -0.3 is 5.11 Å². The molecule has 0 aliphatic heterocycles. The Morgan fingerprint density at radius 2 is 2.23 bits per heavy atom. The predicted molar refractivity (Wildman–Crippen MR) is 83.6 cm³/mol. The van der Waals surface area contributed by atoms with Crippen LogP contribution >= 0.6 is 34.5 Å². The fraction of sp³-hybridized carbons (Fsp3) is 0.0769. The van der Waals surface area contributed by atoms with E-state index >= 15 is 0 Å². The summed E-state index contributed by atoms with van der Waals surface area (Å²) in [7, 11) is 0. The van der Waals surface area contributed by atoms with Crippen LogP contribution in [-0.4, -0.2) is 31.5 Å². The topological polar surface area (TPSA) is 91.8 Å². The number of carbonyl (C=O) groups is 1. The molecule has 0 amide bonds. The molecule has 6 nitrogen and oxygen atoms in total. The van der Waals surface area contributed by atoms with Gasteiger partial charge in [-0.1, -0.05) is 35.0 Å². The molecule has 110 valence electrons. The number of carboxylic acid groups (broad SMARTS) is 1. The molecule has 0 atom stereocenters. The maximum atomic E-state index is 11.1. The highest BCUT2D eigenvalue weighted by molar-refractivity contribution is 7.11. The molecule has 9 heteroatoms. The molecule has 0 aromatic carbocycles. The van der Waals surface area contributed by atoms with Crippen molar-refractivity contribution in [1.82, 2.24) is 20.4 Å². The highest BCUT2D eigenvalue weighted by Gasteiger charge is 2.20.